The number of cyclic esters (lactones) is 1. The molecule has 4 heterocycles. The SMILES string of the molecule is CC[C@@]1(O)C(=O)OCc2c1cc1n(c2=O)Cc2c-1nc1cc(F)c(C)c3c1c2C(NC(=O)CCC(C)O)CC3. The zero-order chi connectivity index (χ0) is 27.8. The molecule has 0 spiro atoms. The van der Waals surface area contributed by atoms with Crippen LogP contribution in [0.3, 0.4) is 0 Å². The number of benzene rings is 1. The van der Waals surface area contributed by atoms with E-state index in [1.54, 1.807) is 31.4 Å². The zero-order valence-corrected chi connectivity index (χ0v) is 22.1. The minimum atomic E-state index is -1.95. The number of aliphatic hydroxyl groups is 2. The van der Waals surface area contributed by atoms with Crippen LogP contribution in [0.2, 0.25) is 0 Å². The first-order chi connectivity index (χ1) is 18.5. The minimum Gasteiger partial charge on any atom is -0.458 e. The quantitative estimate of drug-likeness (QED) is 0.335. The Labute approximate surface area is 223 Å². The van der Waals surface area contributed by atoms with Crippen LogP contribution < -0.4 is 10.9 Å². The minimum absolute atomic E-state index is 0.0272. The van der Waals surface area contributed by atoms with Crippen LogP contribution in [-0.2, 0) is 39.5 Å². The average molecular weight is 536 g/mol. The van der Waals surface area contributed by atoms with Crippen molar-refractivity contribution in [3.8, 4) is 11.4 Å². The highest BCUT2D eigenvalue weighted by Crippen LogP contribution is 2.45. The number of esters is 1. The third-order valence-corrected chi connectivity index (χ3v) is 8.50. The van der Waals surface area contributed by atoms with Gasteiger partial charge in [-0.2, -0.15) is 0 Å². The van der Waals surface area contributed by atoms with Crippen molar-refractivity contribution in [2.24, 2.45) is 0 Å². The third-order valence-electron chi connectivity index (χ3n) is 8.50. The van der Waals surface area contributed by atoms with E-state index in [-0.39, 0.29) is 60.4 Å². The second-order valence-corrected chi connectivity index (χ2v) is 10.9. The normalized spacial score (nSPS) is 21.7. The molecule has 2 aromatic heterocycles. The van der Waals surface area contributed by atoms with E-state index in [0.29, 0.717) is 41.7 Å². The maximum Gasteiger partial charge on any atom is 0.343 e. The molecule has 3 atom stereocenters. The van der Waals surface area contributed by atoms with E-state index in [4.69, 9.17) is 9.72 Å². The number of halogens is 1. The van der Waals surface area contributed by atoms with Gasteiger partial charge in [-0.25, -0.2) is 14.2 Å². The third kappa shape index (κ3) is 3.72. The summed E-state index contributed by atoms with van der Waals surface area (Å²) in [6.07, 6.45) is 1.02. The van der Waals surface area contributed by atoms with Gasteiger partial charge in [0.1, 0.15) is 12.4 Å². The Morgan fingerprint density at radius 3 is 2.79 bits per heavy atom. The highest BCUT2D eigenvalue weighted by molar-refractivity contribution is 5.94. The maximum absolute atomic E-state index is 15.0. The standard InChI is InChI=1S/C29H30FN3O6/c1-4-29(38)18-9-22-26-16(11-33(22)27(36)17(18)12-39-28(29)37)25-20(31-23(35)8-5-13(2)34)7-6-15-14(3)19(30)10-21(32-26)24(15)25/h9-10,13,20,34,38H,4-8,11-12H2,1-3H3,(H,31,35)/t13?,20?,29-/m0/s1. The van der Waals surface area contributed by atoms with Crippen LogP contribution in [0, 0.1) is 12.7 Å². The first-order valence-corrected chi connectivity index (χ1v) is 13.3. The average Bonchev–Trinajstić information content (AvgIpc) is 3.27. The summed E-state index contributed by atoms with van der Waals surface area (Å²) < 4.78 is 21.7. The van der Waals surface area contributed by atoms with Crippen molar-refractivity contribution in [1.29, 1.82) is 0 Å². The summed E-state index contributed by atoms with van der Waals surface area (Å²) in [7, 11) is 0. The van der Waals surface area contributed by atoms with Crippen LogP contribution in [0.25, 0.3) is 22.3 Å². The Kier molecular flexibility index (Phi) is 5.89. The summed E-state index contributed by atoms with van der Waals surface area (Å²) in [5.74, 6) is -1.38. The molecule has 0 saturated heterocycles. The van der Waals surface area contributed by atoms with Crippen molar-refractivity contribution < 1.29 is 28.9 Å². The van der Waals surface area contributed by atoms with Crippen molar-refractivity contribution in [2.45, 2.75) is 83.8 Å². The number of carbonyl (C=O) groups excluding carboxylic acids is 2. The van der Waals surface area contributed by atoms with E-state index >= 15 is 0 Å². The lowest BCUT2D eigenvalue weighted by Gasteiger charge is -2.31. The molecular formula is C29H30FN3O6. The zero-order valence-electron chi connectivity index (χ0n) is 22.1. The van der Waals surface area contributed by atoms with Crippen LogP contribution in [0.1, 0.15) is 79.0 Å². The van der Waals surface area contributed by atoms with Gasteiger partial charge in [0.05, 0.1) is 41.2 Å². The van der Waals surface area contributed by atoms with Crippen molar-refractivity contribution in [3.63, 3.8) is 0 Å². The number of amides is 1. The van der Waals surface area contributed by atoms with E-state index in [1.807, 2.05) is 0 Å². The number of carbonyl (C=O) groups is 2. The Morgan fingerprint density at radius 2 is 2.08 bits per heavy atom. The van der Waals surface area contributed by atoms with Gasteiger partial charge in [0.25, 0.3) is 5.56 Å². The smallest absolute Gasteiger partial charge is 0.343 e. The topological polar surface area (TPSA) is 131 Å². The van der Waals surface area contributed by atoms with E-state index in [1.165, 1.54) is 6.07 Å². The molecule has 3 N–H and O–H groups in total. The molecule has 2 unspecified atom stereocenters. The number of rotatable bonds is 5. The molecule has 204 valence electrons. The molecule has 1 aromatic carbocycles. The Balaban J connectivity index is 1.57. The summed E-state index contributed by atoms with van der Waals surface area (Å²) >= 11 is 0. The summed E-state index contributed by atoms with van der Waals surface area (Å²) in [5, 5.41) is 24.7. The molecule has 1 amide bonds. The lowest BCUT2D eigenvalue weighted by molar-refractivity contribution is -0.172. The second-order valence-electron chi connectivity index (χ2n) is 10.9. The van der Waals surface area contributed by atoms with Gasteiger partial charge in [0.2, 0.25) is 5.91 Å². The van der Waals surface area contributed by atoms with Crippen molar-refractivity contribution in [3.05, 3.63) is 61.7 Å². The molecule has 10 heteroatoms. The fourth-order valence-corrected chi connectivity index (χ4v) is 6.31. The summed E-state index contributed by atoms with van der Waals surface area (Å²) in [4.78, 5) is 43.8. The number of ether oxygens (including phenoxy) is 1. The predicted molar refractivity (Wildman–Crippen MR) is 139 cm³/mol. The number of hydrogen-bond acceptors (Lipinski definition) is 7. The largest absolute Gasteiger partial charge is 0.458 e. The maximum atomic E-state index is 15.0. The summed E-state index contributed by atoms with van der Waals surface area (Å²) in [5.41, 5.74) is 2.36. The number of aliphatic hydroxyl groups excluding tert-OH is 1. The Morgan fingerprint density at radius 1 is 1.31 bits per heavy atom. The van der Waals surface area contributed by atoms with Gasteiger partial charge in [0, 0.05) is 29.0 Å². The molecule has 6 rings (SSSR count). The summed E-state index contributed by atoms with van der Waals surface area (Å²) in [6, 6.07) is 2.62. The number of fused-ring (bicyclic) bond motifs is 5. The van der Waals surface area contributed by atoms with Crippen LogP contribution in [0.15, 0.2) is 16.9 Å². The predicted octanol–water partition coefficient (Wildman–Crippen LogP) is 2.79. The molecule has 2 aliphatic heterocycles. The first-order valence-electron chi connectivity index (χ1n) is 13.3. The van der Waals surface area contributed by atoms with E-state index in [2.05, 4.69) is 5.32 Å². The van der Waals surface area contributed by atoms with Gasteiger partial charge in [-0.15, -0.1) is 0 Å². The van der Waals surface area contributed by atoms with Gasteiger partial charge in [-0.05, 0) is 62.3 Å². The number of hydrogen-bond donors (Lipinski definition) is 3. The van der Waals surface area contributed by atoms with Crippen molar-refractivity contribution >= 4 is 22.8 Å². The molecule has 0 radical (unpaired) electrons. The fourth-order valence-electron chi connectivity index (χ4n) is 6.31. The molecule has 0 saturated carbocycles. The van der Waals surface area contributed by atoms with Crippen LogP contribution >= 0.6 is 0 Å². The Hall–Kier alpha value is -3.63. The van der Waals surface area contributed by atoms with Crippen molar-refractivity contribution in [2.75, 3.05) is 0 Å². The van der Waals surface area contributed by atoms with E-state index < -0.39 is 17.7 Å². The first kappa shape index (κ1) is 25.6. The molecule has 9 nitrogen and oxygen atoms in total. The van der Waals surface area contributed by atoms with Crippen LogP contribution in [-0.4, -0.2) is 37.7 Å². The van der Waals surface area contributed by atoms with Crippen LogP contribution in [0.4, 0.5) is 4.39 Å². The molecular weight excluding hydrogens is 505 g/mol. The Bertz CT molecular complexity index is 1640. The van der Waals surface area contributed by atoms with E-state index in [0.717, 1.165) is 22.1 Å². The number of nitrogens with zero attached hydrogens (tertiary/aromatic N) is 2. The number of aryl methyl sites for hydroxylation is 1. The summed E-state index contributed by atoms with van der Waals surface area (Å²) in [6.45, 7) is 4.96. The van der Waals surface area contributed by atoms with Gasteiger partial charge in [0.15, 0.2) is 5.60 Å². The molecule has 39 heavy (non-hydrogen) atoms. The molecule has 3 aromatic rings. The lowest BCUT2D eigenvalue weighted by atomic mass is 9.81. The van der Waals surface area contributed by atoms with Gasteiger partial charge in [-0.3, -0.25) is 9.59 Å². The monoisotopic (exact) mass is 535 g/mol. The highest BCUT2D eigenvalue weighted by atomic mass is 19.1. The van der Waals surface area contributed by atoms with Crippen LogP contribution in [0.5, 0.6) is 0 Å². The lowest BCUT2D eigenvalue weighted by Crippen LogP contribution is -2.44. The van der Waals surface area contributed by atoms with E-state index in [9.17, 15) is 29.0 Å². The number of pyridine rings is 2. The van der Waals surface area contributed by atoms with Gasteiger partial charge < -0.3 is 24.8 Å². The van der Waals surface area contributed by atoms with Gasteiger partial charge >= 0.3 is 5.97 Å². The second kappa shape index (κ2) is 8.96. The fraction of sp³-hybridized carbons (Fsp3) is 0.448. The van der Waals surface area contributed by atoms with Gasteiger partial charge in [-0.1, -0.05) is 6.92 Å². The molecule has 1 aliphatic carbocycles. The van der Waals surface area contributed by atoms with Crippen molar-refractivity contribution in [1.82, 2.24) is 14.9 Å². The molecule has 3 aliphatic rings. The molecule has 0 bridgehead atoms. The number of aromatic nitrogens is 2. The number of nitrogens with one attached hydrogen (secondary N) is 1. The molecule has 0 fully saturated rings. The highest BCUT2D eigenvalue weighted by Gasteiger charge is 2.46.